The van der Waals surface area contributed by atoms with Gasteiger partial charge in [0.1, 0.15) is 6.00 Å². The summed E-state index contributed by atoms with van der Waals surface area (Å²) in [5, 5.41) is 0. The molecule has 0 aliphatic heterocycles. The van der Waals surface area contributed by atoms with Crippen LogP contribution in [0.3, 0.4) is 0 Å². The molecule has 0 radical (unpaired) electrons. The van der Waals surface area contributed by atoms with Crippen LogP contribution >= 0.6 is 11.6 Å². The molecule has 0 N–H and O–H groups in total. The maximum absolute atomic E-state index is 11.1. The van der Waals surface area contributed by atoms with Gasteiger partial charge in [-0.2, -0.15) is 0 Å². The van der Waals surface area contributed by atoms with E-state index in [0.29, 0.717) is 0 Å². The first-order valence-electron chi connectivity index (χ1n) is 2.95. The Morgan fingerprint density at radius 3 is 2.40 bits per heavy atom. The number of rotatable bonds is 2. The second kappa shape index (κ2) is 4.09. The molecule has 0 aromatic carbocycles. The van der Waals surface area contributed by atoms with Gasteiger partial charge in [-0.15, -0.1) is 11.6 Å². The average Bonchev–Trinajstić information content (AvgIpc) is 1.80. The molecule has 0 rings (SSSR count). The molecular weight excluding hydrogens is 170 g/mol. The third-order valence-corrected chi connectivity index (χ3v) is 2.53. The summed E-state index contributed by atoms with van der Waals surface area (Å²) in [5.41, 5.74) is 1.40. The maximum atomic E-state index is 11.1. The summed E-state index contributed by atoms with van der Waals surface area (Å²) in [5.74, 6) is 0. The van der Waals surface area contributed by atoms with Gasteiger partial charge in [-0.25, -0.2) is 0 Å². The Morgan fingerprint density at radius 2 is 2.10 bits per heavy atom. The van der Waals surface area contributed by atoms with E-state index in [-0.39, 0.29) is 10.8 Å². The molecule has 60 valence electrons. The lowest BCUT2D eigenvalue weighted by Crippen LogP contribution is -2.22. The maximum Gasteiger partial charge on any atom is 0.114 e. The Bertz CT molecular complexity index is 150. The lowest BCUT2D eigenvalue weighted by molar-refractivity contribution is 0.659. The molecule has 0 aliphatic rings. The predicted molar refractivity (Wildman–Crippen MR) is 47.1 cm³/mol. The second-order valence-corrected chi connectivity index (χ2v) is 5.09. The van der Waals surface area contributed by atoms with Crippen LogP contribution in [0.5, 0.6) is 0 Å². The molecule has 2 nitrogen and oxygen atoms in total. The molecule has 4 heteroatoms. The van der Waals surface area contributed by atoms with Crippen molar-refractivity contribution in [2.24, 2.45) is 4.99 Å². The molecule has 0 spiro atoms. The Hall–Kier alpha value is 0.110. The van der Waals surface area contributed by atoms with Gasteiger partial charge >= 0.3 is 0 Å². The molecule has 1 atom stereocenters. The van der Waals surface area contributed by atoms with Crippen molar-refractivity contribution in [2.75, 3.05) is 6.00 Å². The van der Waals surface area contributed by atoms with Gasteiger partial charge in [0.05, 0.1) is 16.3 Å². The molecule has 0 aliphatic carbocycles. The van der Waals surface area contributed by atoms with Crippen molar-refractivity contribution in [3.63, 3.8) is 0 Å². The normalized spacial score (nSPS) is 16.0. The number of halogens is 1. The molecule has 0 aromatic rings. The number of alkyl halides is 1. The van der Waals surface area contributed by atoms with Gasteiger partial charge in [-0.1, -0.05) is 0 Å². The van der Waals surface area contributed by atoms with E-state index < -0.39 is 10.8 Å². The topological polar surface area (TPSA) is 29.4 Å². The highest BCUT2D eigenvalue weighted by atomic mass is 35.5. The van der Waals surface area contributed by atoms with Crippen molar-refractivity contribution >= 4 is 27.9 Å². The Morgan fingerprint density at radius 1 is 1.60 bits per heavy atom. The van der Waals surface area contributed by atoms with Gasteiger partial charge in [0, 0.05) is 4.75 Å². The lowest BCUT2D eigenvalue weighted by atomic mass is 10.3. The molecule has 0 saturated heterocycles. The zero-order chi connectivity index (χ0) is 8.20. The van der Waals surface area contributed by atoms with E-state index in [1.165, 1.54) is 5.55 Å². The lowest BCUT2D eigenvalue weighted by Gasteiger charge is -2.12. The first-order chi connectivity index (χ1) is 4.48. The predicted octanol–water partition coefficient (Wildman–Crippen LogP) is 1.76. The van der Waals surface area contributed by atoms with Gasteiger partial charge in [0.15, 0.2) is 0 Å². The minimum atomic E-state index is -1.01. The highest BCUT2D eigenvalue weighted by Crippen LogP contribution is 2.08. The summed E-state index contributed by atoms with van der Waals surface area (Å²) in [4.78, 5) is 3.68. The number of aliphatic imine (C=N–C) groups is 1. The summed E-state index contributed by atoms with van der Waals surface area (Å²) < 4.78 is 10.9. The SMILES string of the molecule is CC(C)(C)[S@@](=O)C=NCCl. The van der Waals surface area contributed by atoms with Crippen molar-refractivity contribution in [2.45, 2.75) is 25.5 Å². The van der Waals surface area contributed by atoms with Crippen LogP contribution in [-0.2, 0) is 10.8 Å². The first kappa shape index (κ1) is 10.1. The van der Waals surface area contributed by atoms with Gasteiger partial charge in [0.2, 0.25) is 0 Å². The van der Waals surface area contributed by atoms with Crippen molar-refractivity contribution in [1.82, 2.24) is 0 Å². The average molecular weight is 182 g/mol. The van der Waals surface area contributed by atoms with Crippen LogP contribution in [0.1, 0.15) is 20.8 Å². The standard InChI is InChI=1S/C6H12ClNOS/c1-6(2,3)10(9)5-8-4-7/h5H,4H2,1-3H3/t10-/m0/s1. The van der Waals surface area contributed by atoms with Crippen molar-refractivity contribution in [3.05, 3.63) is 0 Å². The fourth-order valence-corrected chi connectivity index (χ4v) is 0.931. The summed E-state index contributed by atoms with van der Waals surface area (Å²) in [7, 11) is -1.01. The van der Waals surface area contributed by atoms with Crippen LogP contribution in [0, 0.1) is 0 Å². The largest absolute Gasteiger partial charge is 0.268 e. The molecule has 0 bridgehead atoms. The first-order valence-corrected chi connectivity index (χ1v) is 4.70. The van der Waals surface area contributed by atoms with E-state index in [4.69, 9.17) is 11.6 Å². The minimum absolute atomic E-state index is 0.182. The third-order valence-electron chi connectivity index (χ3n) is 0.843. The Kier molecular flexibility index (Phi) is 4.13. The molecule has 0 heterocycles. The summed E-state index contributed by atoms with van der Waals surface area (Å²) in [6.07, 6.45) is 0. The second-order valence-electron chi connectivity index (χ2n) is 2.82. The summed E-state index contributed by atoms with van der Waals surface area (Å²) in [6.45, 7) is 5.68. The molecule has 0 saturated carbocycles. The van der Waals surface area contributed by atoms with Crippen LogP contribution in [0.15, 0.2) is 4.99 Å². The van der Waals surface area contributed by atoms with Gasteiger partial charge < -0.3 is 0 Å². The summed E-state index contributed by atoms with van der Waals surface area (Å²) >= 11 is 5.26. The number of nitrogens with zero attached hydrogens (tertiary/aromatic N) is 1. The molecule has 0 amide bonds. The van der Waals surface area contributed by atoms with Crippen LogP contribution in [0.4, 0.5) is 0 Å². The molecule has 10 heavy (non-hydrogen) atoms. The monoisotopic (exact) mass is 181 g/mol. The number of hydrogen-bond acceptors (Lipinski definition) is 2. The quantitative estimate of drug-likeness (QED) is 0.276. The van der Waals surface area contributed by atoms with E-state index in [1.807, 2.05) is 20.8 Å². The van der Waals surface area contributed by atoms with Gasteiger partial charge in [-0.05, 0) is 20.8 Å². The van der Waals surface area contributed by atoms with Crippen LogP contribution in [0.25, 0.3) is 0 Å². The summed E-state index contributed by atoms with van der Waals surface area (Å²) in [6, 6.07) is 0.182. The fraction of sp³-hybridized carbons (Fsp3) is 0.833. The highest BCUT2D eigenvalue weighted by molar-refractivity contribution is 7.99. The molecule has 0 aromatic heterocycles. The van der Waals surface area contributed by atoms with E-state index in [0.717, 1.165) is 0 Å². The van der Waals surface area contributed by atoms with Crippen LogP contribution in [-0.4, -0.2) is 20.5 Å². The van der Waals surface area contributed by atoms with E-state index in [1.54, 1.807) is 0 Å². The zero-order valence-electron chi connectivity index (χ0n) is 6.43. The smallest absolute Gasteiger partial charge is 0.114 e. The fourth-order valence-electron chi connectivity index (χ4n) is 0.254. The van der Waals surface area contributed by atoms with E-state index in [9.17, 15) is 4.21 Å². The van der Waals surface area contributed by atoms with Gasteiger partial charge in [0.25, 0.3) is 0 Å². The number of hydrogen-bond donors (Lipinski definition) is 0. The van der Waals surface area contributed by atoms with Crippen molar-refractivity contribution < 1.29 is 4.21 Å². The Balaban J connectivity index is 3.98. The molecule has 0 fully saturated rings. The van der Waals surface area contributed by atoms with Crippen molar-refractivity contribution in [1.29, 1.82) is 0 Å². The van der Waals surface area contributed by atoms with Crippen LogP contribution in [0.2, 0.25) is 0 Å². The highest BCUT2D eigenvalue weighted by Gasteiger charge is 2.16. The third kappa shape index (κ3) is 4.01. The Labute approximate surface area is 69.1 Å². The van der Waals surface area contributed by atoms with Crippen LogP contribution < -0.4 is 0 Å². The molecule has 0 unspecified atom stereocenters. The zero-order valence-corrected chi connectivity index (χ0v) is 8.00. The van der Waals surface area contributed by atoms with Crippen molar-refractivity contribution in [3.8, 4) is 0 Å². The van der Waals surface area contributed by atoms with Gasteiger partial charge in [-0.3, -0.25) is 9.20 Å². The molecular formula is C6H12ClNOS. The van der Waals surface area contributed by atoms with E-state index in [2.05, 4.69) is 4.99 Å². The minimum Gasteiger partial charge on any atom is -0.268 e. The van der Waals surface area contributed by atoms with E-state index >= 15 is 0 Å².